The number of fused-ring (bicyclic) bond motifs is 1. The molecule has 0 unspecified atom stereocenters. The van der Waals surface area contributed by atoms with Gasteiger partial charge in [0.2, 0.25) is 0 Å². The van der Waals surface area contributed by atoms with Crippen LogP contribution < -0.4 is 5.73 Å². The molecule has 2 N–H and O–H groups in total. The number of rotatable bonds is 0. The van der Waals surface area contributed by atoms with Gasteiger partial charge in [0.25, 0.3) is 0 Å². The molecule has 0 heterocycles. The Bertz CT molecular complexity index is 276. The molecule has 0 saturated carbocycles. The molecule has 0 saturated heterocycles. The number of nitrogens with two attached hydrogens (primary N) is 1. The summed E-state index contributed by atoms with van der Waals surface area (Å²) in [4.78, 5) is 0. The summed E-state index contributed by atoms with van der Waals surface area (Å²) >= 11 is 2.40. The SMILES string of the molecule is Nc1ccc(I)c2c1CCCC2. The molecule has 0 bridgehead atoms. The average Bonchev–Trinajstić information content (AvgIpc) is 2.12. The Hall–Kier alpha value is -0.250. The number of halogens is 1. The zero-order chi connectivity index (χ0) is 8.55. The molecule has 0 atom stereocenters. The minimum atomic E-state index is 0.991. The predicted molar refractivity (Wildman–Crippen MR) is 60.2 cm³/mol. The molecular formula is C10H12IN. The fourth-order valence-corrected chi connectivity index (χ4v) is 2.63. The molecule has 12 heavy (non-hydrogen) atoms. The van der Waals surface area contributed by atoms with Crippen LogP contribution in [-0.2, 0) is 12.8 Å². The smallest absolute Gasteiger partial charge is 0.0350 e. The van der Waals surface area contributed by atoms with Gasteiger partial charge < -0.3 is 5.73 Å². The van der Waals surface area contributed by atoms with Crippen LogP contribution in [0.1, 0.15) is 24.0 Å². The van der Waals surface area contributed by atoms with Crippen molar-refractivity contribution in [1.29, 1.82) is 0 Å². The molecular weight excluding hydrogens is 261 g/mol. The van der Waals surface area contributed by atoms with Gasteiger partial charge in [-0.15, -0.1) is 0 Å². The first-order chi connectivity index (χ1) is 5.79. The van der Waals surface area contributed by atoms with Gasteiger partial charge in [-0.05, 0) is 71.5 Å². The maximum atomic E-state index is 5.91. The van der Waals surface area contributed by atoms with Crippen molar-refractivity contribution in [3.05, 3.63) is 26.8 Å². The molecule has 0 fully saturated rings. The molecule has 1 aromatic rings. The summed E-state index contributed by atoms with van der Waals surface area (Å²) < 4.78 is 1.39. The molecule has 0 spiro atoms. The van der Waals surface area contributed by atoms with E-state index < -0.39 is 0 Å². The Balaban J connectivity index is 2.57. The number of nitrogen functional groups attached to an aromatic ring is 1. The van der Waals surface area contributed by atoms with Crippen molar-refractivity contribution in [3.63, 3.8) is 0 Å². The van der Waals surface area contributed by atoms with E-state index in [9.17, 15) is 0 Å². The molecule has 0 aromatic heterocycles. The lowest BCUT2D eigenvalue weighted by Crippen LogP contribution is -2.07. The van der Waals surface area contributed by atoms with Crippen LogP contribution in [0.15, 0.2) is 12.1 Å². The molecule has 2 heteroatoms. The van der Waals surface area contributed by atoms with Crippen molar-refractivity contribution < 1.29 is 0 Å². The van der Waals surface area contributed by atoms with Gasteiger partial charge in [-0.1, -0.05) is 0 Å². The summed E-state index contributed by atoms with van der Waals surface area (Å²) in [6.45, 7) is 0. The van der Waals surface area contributed by atoms with Gasteiger partial charge in [0, 0.05) is 9.26 Å². The fraction of sp³-hybridized carbons (Fsp3) is 0.400. The molecule has 1 aliphatic rings. The van der Waals surface area contributed by atoms with Gasteiger partial charge in [0.1, 0.15) is 0 Å². The second-order valence-electron chi connectivity index (χ2n) is 3.30. The molecule has 64 valence electrons. The van der Waals surface area contributed by atoms with Gasteiger partial charge in [0.15, 0.2) is 0 Å². The molecule has 0 aliphatic heterocycles. The van der Waals surface area contributed by atoms with Crippen molar-refractivity contribution in [2.45, 2.75) is 25.7 Å². The monoisotopic (exact) mass is 273 g/mol. The van der Waals surface area contributed by atoms with Crippen LogP contribution in [0, 0.1) is 3.57 Å². The summed E-state index contributed by atoms with van der Waals surface area (Å²) in [5, 5.41) is 0. The first-order valence-electron chi connectivity index (χ1n) is 4.35. The number of hydrogen-bond acceptors (Lipinski definition) is 1. The summed E-state index contributed by atoms with van der Waals surface area (Å²) in [5.41, 5.74) is 9.81. The van der Waals surface area contributed by atoms with Crippen molar-refractivity contribution >= 4 is 28.3 Å². The predicted octanol–water partition coefficient (Wildman–Crippen LogP) is 2.75. The summed E-state index contributed by atoms with van der Waals surface area (Å²) in [6.07, 6.45) is 5.03. The van der Waals surface area contributed by atoms with Crippen LogP contribution in [-0.4, -0.2) is 0 Å². The van der Waals surface area contributed by atoms with Crippen LogP contribution in [0.5, 0.6) is 0 Å². The largest absolute Gasteiger partial charge is 0.398 e. The third kappa shape index (κ3) is 1.32. The Morgan fingerprint density at radius 3 is 2.42 bits per heavy atom. The van der Waals surface area contributed by atoms with Crippen molar-refractivity contribution in [2.24, 2.45) is 0 Å². The summed E-state index contributed by atoms with van der Waals surface area (Å²) in [5.74, 6) is 0. The van der Waals surface area contributed by atoms with E-state index >= 15 is 0 Å². The zero-order valence-electron chi connectivity index (χ0n) is 6.94. The van der Waals surface area contributed by atoms with E-state index in [0.29, 0.717) is 0 Å². The summed E-state index contributed by atoms with van der Waals surface area (Å²) in [6, 6.07) is 4.16. The third-order valence-corrected chi connectivity index (χ3v) is 3.52. The van der Waals surface area contributed by atoms with Gasteiger partial charge in [-0.25, -0.2) is 0 Å². The second-order valence-corrected chi connectivity index (χ2v) is 4.46. The maximum Gasteiger partial charge on any atom is 0.0350 e. The maximum absolute atomic E-state index is 5.91. The molecule has 1 aliphatic carbocycles. The Morgan fingerprint density at radius 2 is 1.75 bits per heavy atom. The number of hydrogen-bond donors (Lipinski definition) is 1. The van der Waals surface area contributed by atoms with Gasteiger partial charge in [0.05, 0.1) is 0 Å². The molecule has 1 aromatic carbocycles. The van der Waals surface area contributed by atoms with Crippen molar-refractivity contribution in [1.82, 2.24) is 0 Å². The Kier molecular flexibility index (Phi) is 2.26. The van der Waals surface area contributed by atoms with Crippen molar-refractivity contribution in [2.75, 3.05) is 5.73 Å². The Morgan fingerprint density at radius 1 is 1.08 bits per heavy atom. The fourth-order valence-electron chi connectivity index (χ4n) is 1.85. The zero-order valence-corrected chi connectivity index (χ0v) is 9.10. The summed E-state index contributed by atoms with van der Waals surface area (Å²) in [7, 11) is 0. The van der Waals surface area contributed by atoms with E-state index in [0.717, 1.165) is 5.69 Å². The van der Waals surface area contributed by atoms with Crippen LogP contribution in [0.3, 0.4) is 0 Å². The van der Waals surface area contributed by atoms with E-state index in [1.165, 1.54) is 40.4 Å². The lowest BCUT2D eigenvalue weighted by Gasteiger charge is -2.18. The minimum absolute atomic E-state index is 0.991. The molecule has 0 amide bonds. The van der Waals surface area contributed by atoms with E-state index in [-0.39, 0.29) is 0 Å². The third-order valence-electron chi connectivity index (χ3n) is 2.51. The Labute approximate surface area is 86.5 Å². The van der Waals surface area contributed by atoms with E-state index in [1.807, 2.05) is 6.07 Å². The quantitative estimate of drug-likeness (QED) is 0.571. The van der Waals surface area contributed by atoms with E-state index in [4.69, 9.17) is 5.73 Å². The van der Waals surface area contributed by atoms with Crippen LogP contribution >= 0.6 is 22.6 Å². The van der Waals surface area contributed by atoms with E-state index in [1.54, 1.807) is 0 Å². The molecule has 0 radical (unpaired) electrons. The average molecular weight is 273 g/mol. The molecule has 2 rings (SSSR count). The first kappa shape index (κ1) is 8.35. The minimum Gasteiger partial charge on any atom is -0.398 e. The number of anilines is 1. The lowest BCUT2D eigenvalue weighted by molar-refractivity contribution is 0.684. The molecule has 1 nitrogen and oxygen atoms in total. The normalized spacial score (nSPS) is 15.8. The highest BCUT2D eigenvalue weighted by Gasteiger charge is 2.13. The van der Waals surface area contributed by atoms with Crippen molar-refractivity contribution in [3.8, 4) is 0 Å². The number of benzene rings is 1. The standard InChI is InChI=1S/C10H12IN/c11-9-5-6-10(12)8-4-2-1-3-7(8)9/h5-6H,1-4,12H2. The van der Waals surface area contributed by atoms with Crippen LogP contribution in [0.25, 0.3) is 0 Å². The van der Waals surface area contributed by atoms with Crippen LogP contribution in [0.2, 0.25) is 0 Å². The lowest BCUT2D eigenvalue weighted by atomic mass is 9.91. The highest BCUT2D eigenvalue weighted by Crippen LogP contribution is 2.29. The van der Waals surface area contributed by atoms with Gasteiger partial charge >= 0.3 is 0 Å². The van der Waals surface area contributed by atoms with Gasteiger partial charge in [-0.3, -0.25) is 0 Å². The topological polar surface area (TPSA) is 26.0 Å². The second kappa shape index (κ2) is 3.24. The highest BCUT2D eigenvalue weighted by atomic mass is 127. The first-order valence-corrected chi connectivity index (χ1v) is 5.42. The highest BCUT2D eigenvalue weighted by molar-refractivity contribution is 14.1. The van der Waals surface area contributed by atoms with E-state index in [2.05, 4.69) is 28.7 Å². The van der Waals surface area contributed by atoms with Gasteiger partial charge in [-0.2, -0.15) is 0 Å². The van der Waals surface area contributed by atoms with Crippen LogP contribution in [0.4, 0.5) is 5.69 Å².